The van der Waals surface area contributed by atoms with Gasteiger partial charge in [0, 0.05) is 38.4 Å². The van der Waals surface area contributed by atoms with Crippen LogP contribution in [-0.4, -0.2) is 46.2 Å². The summed E-state index contributed by atoms with van der Waals surface area (Å²) in [5.74, 6) is -2.11. The average molecular weight is 401 g/mol. The molecule has 8 heteroatoms. The topological polar surface area (TPSA) is 73.5 Å². The van der Waals surface area contributed by atoms with E-state index in [1.54, 1.807) is 9.80 Å². The molecule has 2 aromatic rings. The first-order chi connectivity index (χ1) is 13.9. The second kappa shape index (κ2) is 7.42. The molecule has 1 aromatic carbocycles. The van der Waals surface area contributed by atoms with Gasteiger partial charge in [-0.3, -0.25) is 14.4 Å². The minimum atomic E-state index is -0.930. The first-order valence-corrected chi connectivity index (χ1v) is 9.59. The van der Waals surface area contributed by atoms with Crippen molar-refractivity contribution in [2.24, 2.45) is 5.41 Å². The number of nitrogens with one attached hydrogen (secondary N) is 1. The first-order valence-electron chi connectivity index (χ1n) is 9.59. The SMILES string of the molecule is O=C(c1ccc(=O)[nH]c1)N1CCC2(CCCN(Cc3ccc(F)c(F)c3)C2=O)C1. The number of carbonyl (C=O) groups is 2. The third kappa shape index (κ3) is 3.66. The van der Waals surface area contributed by atoms with Gasteiger partial charge >= 0.3 is 0 Å². The summed E-state index contributed by atoms with van der Waals surface area (Å²) >= 11 is 0. The standard InChI is InChI=1S/C21H21F2N3O3/c22-16-4-2-14(10-17(16)23)12-25-8-1-6-21(20(25)29)7-9-26(13-21)19(28)15-3-5-18(27)24-11-15/h2-5,10-11H,1,6-9,12-13H2,(H,24,27). The Morgan fingerprint density at radius 3 is 2.62 bits per heavy atom. The largest absolute Gasteiger partial charge is 0.338 e. The van der Waals surface area contributed by atoms with Crippen LogP contribution in [0.1, 0.15) is 35.2 Å². The number of benzene rings is 1. The van der Waals surface area contributed by atoms with Gasteiger partial charge in [0.2, 0.25) is 11.5 Å². The van der Waals surface area contributed by atoms with Gasteiger partial charge in [-0.05, 0) is 43.0 Å². The molecule has 152 valence electrons. The molecule has 1 spiro atoms. The second-order valence-corrected chi connectivity index (χ2v) is 7.78. The number of piperidine rings is 1. The van der Waals surface area contributed by atoms with Crippen molar-refractivity contribution in [2.75, 3.05) is 19.6 Å². The van der Waals surface area contributed by atoms with Crippen molar-refractivity contribution in [1.29, 1.82) is 0 Å². The summed E-state index contributed by atoms with van der Waals surface area (Å²) < 4.78 is 26.7. The number of likely N-dealkylation sites (tertiary alicyclic amines) is 2. The highest BCUT2D eigenvalue weighted by Gasteiger charge is 2.49. The number of pyridine rings is 1. The average Bonchev–Trinajstić information content (AvgIpc) is 3.13. The van der Waals surface area contributed by atoms with Crippen LogP contribution in [-0.2, 0) is 11.3 Å². The number of H-pyrrole nitrogens is 1. The monoisotopic (exact) mass is 401 g/mol. The van der Waals surface area contributed by atoms with Crippen LogP contribution >= 0.6 is 0 Å². The predicted octanol–water partition coefficient (Wildman–Crippen LogP) is 2.31. The maximum atomic E-state index is 13.5. The van der Waals surface area contributed by atoms with E-state index in [-0.39, 0.29) is 23.9 Å². The zero-order valence-electron chi connectivity index (χ0n) is 15.8. The first kappa shape index (κ1) is 19.3. The lowest BCUT2D eigenvalue weighted by Gasteiger charge is -2.39. The number of amides is 2. The highest BCUT2D eigenvalue weighted by Crippen LogP contribution is 2.41. The Balaban J connectivity index is 1.48. The lowest BCUT2D eigenvalue weighted by molar-refractivity contribution is -0.146. The fraction of sp³-hybridized carbons (Fsp3) is 0.381. The van der Waals surface area contributed by atoms with E-state index in [1.807, 2.05) is 0 Å². The molecule has 2 aliphatic heterocycles. The van der Waals surface area contributed by atoms with Crippen molar-refractivity contribution < 1.29 is 18.4 Å². The molecule has 0 radical (unpaired) electrons. The van der Waals surface area contributed by atoms with Crippen LogP contribution in [0.5, 0.6) is 0 Å². The van der Waals surface area contributed by atoms with E-state index >= 15 is 0 Å². The molecule has 4 rings (SSSR count). The summed E-state index contributed by atoms with van der Waals surface area (Å²) in [4.78, 5) is 43.0. The lowest BCUT2D eigenvalue weighted by Crippen LogP contribution is -2.50. The molecule has 2 saturated heterocycles. The van der Waals surface area contributed by atoms with Crippen molar-refractivity contribution >= 4 is 11.8 Å². The highest BCUT2D eigenvalue weighted by molar-refractivity contribution is 5.95. The summed E-state index contributed by atoms with van der Waals surface area (Å²) in [7, 11) is 0. The number of hydrogen-bond acceptors (Lipinski definition) is 3. The number of rotatable bonds is 3. The molecular formula is C21H21F2N3O3. The number of halogens is 2. The van der Waals surface area contributed by atoms with Gasteiger partial charge in [-0.25, -0.2) is 8.78 Å². The minimum Gasteiger partial charge on any atom is -0.338 e. The van der Waals surface area contributed by atoms with E-state index in [1.165, 1.54) is 24.4 Å². The molecule has 1 unspecified atom stereocenters. The van der Waals surface area contributed by atoms with E-state index in [2.05, 4.69) is 4.98 Å². The summed E-state index contributed by atoms with van der Waals surface area (Å²) in [5, 5.41) is 0. The van der Waals surface area contributed by atoms with E-state index in [0.29, 0.717) is 43.6 Å². The number of aromatic nitrogens is 1. The van der Waals surface area contributed by atoms with E-state index in [4.69, 9.17) is 0 Å². The van der Waals surface area contributed by atoms with Crippen molar-refractivity contribution in [2.45, 2.75) is 25.8 Å². The van der Waals surface area contributed by atoms with Gasteiger partial charge in [-0.1, -0.05) is 6.07 Å². The van der Waals surface area contributed by atoms with Crippen molar-refractivity contribution in [3.63, 3.8) is 0 Å². The zero-order chi connectivity index (χ0) is 20.6. The molecule has 1 atom stereocenters. The van der Waals surface area contributed by atoms with E-state index in [0.717, 1.165) is 18.6 Å². The normalized spacial score (nSPS) is 21.8. The van der Waals surface area contributed by atoms with E-state index in [9.17, 15) is 23.2 Å². The van der Waals surface area contributed by atoms with Crippen molar-refractivity contribution in [3.8, 4) is 0 Å². The Hall–Kier alpha value is -3.03. The van der Waals surface area contributed by atoms with Gasteiger partial charge in [0.25, 0.3) is 5.91 Å². The lowest BCUT2D eigenvalue weighted by atomic mass is 9.78. The quantitative estimate of drug-likeness (QED) is 0.858. The number of carbonyl (C=O) groups excluding carboxylic acids is 2. The van der Waals surface area contributed by atoms with Gasteiger partial charge in [-0.15, -0.1) is 0 Å². The fourth-order valence-electron chi connectivity index (χ4n) is 4.31. The summed E-state index contributed by atoms with van der Waals surface area (Å²) in [5.41, 5.74) is -0.0129. The van der Waals surface area contributed by atoms with Crippen molar-refractivity contribution in [1.82, 2.24) is 14.8 Å². The molecular weight excluding hydrogens is 380 g/mol. The van der Waals surface area contributed by atoms with Gasteiger partial charge in [0.1, 0.15) is 0 Å². The summed E-state index contributed by atoms with van der Waals surface area (Å²) in [6.45, 7) is 1.54. The number of aromatic amines is 1. The predicted molar refractivity (Wildman–Crippen MR) is 101 cm³/mol. The maximum Gasteiger partial charge on any atom is 0.255 e. The molecule has 0 bridgehead atoms. The van der Waals surface area contributed by atoms with Gasteiger partial charge < -0.3 is 14.8 Å². The third-order valence-corrected chi connectivity index (χ3v) is 5.85. The van der Waals surface area contributed by atoms with Crippen LogP contribution in [0.4, 0.5) is 8.78 Å². The highest BCUT2D eigenvalue weighted by atomic mass is 19.2. The molecule has 3 heterocycles. The third-order valence-electron chi connectivity index (χ3n) is 5.85. The van der Waals surface area contributed by atoms with E-state index < -0.39 is 17.0 Å². The molecule has 29 heavy (non-hydrogen) atoms. The van der Waals surface area contributed by atoms with Crippen LogP contribution in [0.25, 0.3) is 0 Å². The molecule has 1 aromatic heterocycles. The maximum absolute atomic E-state index is 13.5. The molecule has 0 aliphatic carbocycles. The molecule has 2 aliphatic rings. The van der Waals surface area contributed by atoms with Crippen LogP contribution < -0.4 is 5.56 Å². The zero-order valence-corrected chi connectivity index (χ0v) is 15.8. The van der Waals surface area contributed by atoms with Crippen molar-refractivity contribution in [3.05, 3.63) is 69.6 Å². The molecule has 6 nitrogen and oxygen atoms in total. The Bertz CT molecular complexity index is 1000. The molecule has 1 N–H and O–H groups in total. The summed E-state index contributed by atoms with van der Waals surface area (Å²) in [6.07, 6.45) is 3.43. The smallest absolute Gasteiger partial charge is 0.255 e. The van der Waals surface area contributed by atoms with Gasteiger partial charge in [0.15, 0.2) is 11.6 Å². The fourth-order valence-corrected chi connectivity index (χ4v) is 4.31. The number of hydrogen-bond donors (Lipinski definition) is 1. The Morgan fingerprint density at radius 1 is 1.07 bits per heavy atom. The summed E-state index contributed by atoms with van der Waals surface area (Å²) in [6, 6.07) is 6.44. The molecule has 0 saturated carbocycles. The van der Waals surface area contributed by atoms with Gasteiger partial charge in [-0.2, -0.15) is 0 Å². The van der Waals surface area contributed by atoms with Crippen LogP contribution in [0.2, 0.25) is 0 Å². The molecule has 2 fully saturated rings. The van der Waals surface area contributed by atoms with Crippen LogP contribution in [0, 0.1) is 17.0 Å². The Labute approximate surface area is 166 Å². The molecule has 2 amide bonds. The van der Waals surface area contributed by atoms with Crippen LogP contribution in [0.3, 0.4) is 0 Å². The number of nitrogens with zero attached hydrogens (tertiary/aromatic N) is 2. The minimum absolute atomic E-state index is 0.0507. The Morgan fingerprint density at radius 2 is 1.90 bits per heavy atom. The Kier molecular flexibility index (Phi) is 4.94. The second-order valence-electron chi connectivity index (χ2n) is 7.78. The van der Waals surface area contributed by atoms with Gasteiger partial charge in [0.05, 0.1) is 11.0 Å². The van der Waals surface area contributed by atoms with Crippen LogP contribution in [0.15, 0.2) is 41.3 Å².